The molecule has 1 aromatic carbocycles. The van der Waals surface area contributed by atoms with E-state index in [1.54, 1.807) is 0 Å². The Kier molecular flexibility index (Phi) is 2.13. The molecule has 1 heterocycles. The first-order chi connectivity index (χ1) is 7.48. The van der Waals surface area contributed by atoms with Gasteiger partial charge in [0.25, 0.3) is 0 Å². The third kappa shape index (κ3) is 1.42. The summed E-state index contributed by atoms with van der Waals surface area (Å²) in [5.41, 5.74) is 0. The van der Waals surface area contributed by atoms with Crippen LogP contribution in [0.3, 0.4) is 0 Å². The molecule has 4 nitrogen and oxygen atoms in total. The third-order valence-corrected chi connectivity index (χ3v) is 1.90. The molecule has 0 spiro atoms. The van der Waals surface area contributed by atoms with Crippen molar-refractivity contribution in [1.29, 1.82) is 0 Å². The van der Waals surface area contributed by atoms with Gasteiger partial charge >= 0.3 is 12.1 Å². The van der Waals surface area contributed by atoms with Gasteiger partial charge in [0, 0.05) is 0 Å². The number of ether oxygens (including phenoxy) is 2. The zero-order chi connectivity index (χ0) is 11.8. The number of halogens is 3. The summed E-state index contributed by atoms with van der Waals surface area (Å²) < 4.78 is 47.0. The van der Waals surface area contributed by atoms with E-state index in [0.717, 1.165) is 6.08 Å². The van der Waals surface area contributed by atoms with Crippen LogP contribution in [0, 0.1) is 0 Å². The largest absolute Gasteiger partial charge is 0.495 e. The molecule has 0 bridgehead atoms. The lowest BCUT2D eigenvalue weighted by Gasteiger charge is -2.22. The van der Waals surface area contributed by atoms with Crippen LogP contribution in [-0.2, 0) is 4.79 Å². The summed E-state index contributed by atoms with van der Waals surface area (Å²) in [7, 11) is 0. The molecule has 0 aliphatic carbocycles. The maximum Gasteiger partial charge on any atom is 0.495 e. The summed E-state index contributed by atoms with van der Waals surface area (Å²) in [4.78, 5) is 12.6. The Hall–Kier alpha value is -2.01. The molecule has 0 unspecified atom stereocenters. The van der Waals surface area contributed by atoms with Gasteiger partial charge in [0.05, 0.1) is 0 Å². The number of nitrogens with zero attached hydrogens (tertiary/aromatic N) is 1. The van der Waals surface area contributed by atoms with E-state index < -0.39 is 12.1 Å². The molecular formula is C9H4F3NO3. The van der Waals surface area contributed by atoms with Crippen molar-refractivity contribution in [2.75, 3.05) is 0 Å². The standard InChI is InChI=1S/C9H4F3NO3/c10-8(11,12)9(13-5-14)15-6-3-1-2-4-7(6)16-9/h1-4H. The van der Waals surface area contributed by atoms with Crippen molar-refractivity contribution in [2.45, 2.75) is 12.1 Å². The third-order valence-electron chi connectivity index (χ3n) is 1.90. The minimum atomic E-state index is -4.97. The van der Waals surface area contributed by atoms with Crippen molar-refractivity contribution < 1.29 is 27.4 Å². The predicted molar refractivity (Wildman–Crippen MR) is 44.6 cm³/mol. The molecule has 0 saturated heterocycles. The molecule has 0 saturated carbocycles. The molecule has 7 heteroatoms. The number of hydrogen-bond donors (Lipinski definition) is 0. The Bertz CT molecular complexity index is 440. The van der Waals surface area contributed by atoms with Gasteiger partial charge in [0.15, 0.2) is 11.5 Å². The summed E-state index contributed by atoms with van der Waals surface area (Å²) >= 11 is 0. The molecule has 0 atom stereocenters. The van der Waals surface area contributed by atoms with Gasteiger partial charge in [-0.25, -0.2) is 4.79 Å². The number of hydrogen-bond acceptors (Lipinski definition) is 4. The fourth-order valence-corrected chi connectivity index (χ4v) is 1.22. The second-order valence-corrected chi connectivity index (χ2v) is 2.93. The highest BCUT2D eigenvalue weighted by Crippen LogP contribution is 2.46. The predicted octanol–water partition coefficient (Wildman–Crippen LogP) is 2.01. The highest BCUT2D eigenvalue weighted by molar-refractivity contribution is 5.44. The Morgan fingerprint density at radius 3 is 2.06 bits per heavy atom. The number of rotatable bonds is 1. The van der Waals surface area contributed by atoms with E-state index in [-0.39, 0.29) is 11.5 Å². The molecule has 0 amide bonds. The van der Waals surface area contributed by atoms with E-state index in [0.29, 0.717) is 0 Å². The Labute approximate surface area is 87.3 Å². The zero-order valence-electron chi connectivity index (χ0n) is 7.62. The van der Waals surface area contributed by atoms with E-state index in [1.165, 1.54) is 24.3 Å². The maximum absolute atomic E-state index is 12.6. The van der Waals surface area contributed by atoms with Crippen LogP contribution in [0.4, 0.5) is 13.2 Å². The van der Waals surface area contributed by atoms with Crippen molar-refractivity contribution in [3.8, 4) is 11.5 Å². The molecule has 1 aromatic rings. The van der Waals surface area contributed by atoms with E-state index in [9.17, 15) is 18.0 Å². The van der Waals surface area contributed by atoms with Gasteiger partial charge in [-0.3, -0.25) is 0 Å². The first kappa shape index (κ1) is 10.5. The molecule has 16 heavy (non-hydrogen) atoms. The van der Waals surface area contributed by atoms with Crippen LogP contribution in [0.2, 0.25) is 0 Å². The van der Waals surface area contributed by atoms with Crippen molar-refractivity contribution in [3.63, 3.8) is 0 Å². The molecule has 2 rings (SSSR count). The summed E-state index contributed by atoms with van der Waals surface area (Å²) in [6.07, 6.45) is -4.17. The lowest BCUT2D eigenvalue weighted by atomic mass is 10.3. The fraction of sp³-hybridized carbons (Fsp3) is 0.222. The average Bonchev–Trinajstić information content (AvgIpc) is 2.56. The van der Waals surface area contributed by atoms with Crippen LogP contribution in [-0.4, -0.2) is 18.2 Å². The number of isocyanates is 1. The molecule has 0 fully saturated rings. The molecule has 0 radical (unpaired) electrons. The number of alkyl halides is 3. The van der Waals surface area contributed by atoms with Crippen molar-refractivity contribution >= 4 is 6.08 Å². The first-order valence-corrected chi connectivity index (χ1v) is 4.11. The smallest absolute Gasteiger partial charge is 0.423 e. The Morgan fingerprint density at radius 2 is 1.69 bits per heavy atom. The minimum absolute atomic E-state index is 0.126. The molecule has 84 valence electrons. The molecule has 0 aromatic heterocycles. The van der Waals surface area contributed by atoms with E-state index in [1.807, 2.05) is 0 Å². The number of carbonyl (C=O) groups excluding carboxylic acids is 1. The maximum atomic E-state index is 12.6. The van der Waals surface area contributed by atoms with Crippen molar-refractivity contribution in [1.82, 2.24) is 0 Å². The van der Waals surface area contributed by atoms with E-state index in [4.69, 9.17) is 0 Å². The van der Waals surface area contributed by atoms with Crippen LogP contribution in [0.25, 0.3) is 0 Å². The molecule has 1 aliphatic heterocycles. The number of aliphatic imine (C=N–C) groups is 1. The van der Waals surface area contributed by atoms with Crippen molar-refractivity contribution in [2.24, 2.45) is 4.99 Å². The van der Waals surface area contributed by atoms with Crippen LogP contribution < -0.4 is 9.47 Å². The SMILES string of the molecule is O=C=NC1(C(F)(F)F)Oc2ccccc2O1. The normalized spacial score (nSPS) is 16.7. The number of para-hydroxylation sites is 2. The fourth-order valence-electron chi connectivity index (χ4n) is 1.22. The second kappa shape index (κ2) is 3.24. The van der Waals surface area contributed by atoms with Crippen LogP contribution in [0.15, 0.2) is 29.3 Å². The van der Waals surface area contributed by atoms with Gasteiger partial charge in [-0.05, 0) is 12.1 Å². The van der Waals surface area contributed by atoms with Gasteiger partial charge in [0.2, 0.25) is 6.08 Å². The topological polar surface area (TPSA) is 47.9 Å². The van der Waals surface area contributed by atoms with Crippen LogP contribution in [0.5, 0.6) is 11.5 Å². The molecule has 1 aliphatic rings. The van der Waals surface area contributed by atoms with E-state index in [2.05, 4.69) is 14.5 Å². The number of fused-ring (bicyclic) bond motifs is 1. The van der Waals surface area contributed by atoms with Crippen LogP contribution >= 0.6 is 0 Å². The minimum Gasteiger partial charge on any atom is -0.423 e. The number of benzene rings is 1. The lowest BCUT2D eigenvalue weighted by Crippen LogP contribution is -2.50. The quantitative estimate of drug-likeness (QED) is 0.548. The van der Waals surface area contributed by atoms with Gasteiger partial charge < -0.3 is 9.47 Å². The van der Waals surface area contributed by atoms with Gasteiger partial charge in [-0.15, -0.1) is 4.99 Å². The highest BCUT2D eigenvalue weighted by Gasteiger charge is 2.65. The summed E-state index contributed by atoms with van der Waals surface area (Å²) in [6.45, 7) is 0. The summed E-state index contributed by atoms with van der Waals surface area (Å²) in [5, 5.41) is 0. The Balaban J connectivity index is 2.46. The molecular weight excluding hydrogens is 227 g/mol. The van der Waals surface area contributed by atoms with Gasteiger partial charge in [-0.1, -0.05) is 12.1 Å². The first-order valence-electron chi connectivity index (χ1n) is 4.11. The Morgan fingerprint density at radius 1 is 1.19 bits per heavy atom. The average molecular weight is 231 g/mol. The van der Waals surface area contributed by atoms with Gasteiger partial charge in [0.1, 0.15) is 0 Å². The van der Waals surface area contributed by atoms with Crippen LogP contribution in [0.1, 0.15) is 0 Å². The second-order valence-electron chi connectivity index (χ2n) is 2.93. The van der Waals surface area contributed by atoms with Crippen molar-refractivity contribution in [3.05, 3.63) is 24.3 Å². The summed E-state index contributed by atoms with van der Waals surface area (Å²) in [6, 6.07) is 5.50. The summed E-state index contributed by atoms with van der Waals surface area (Å²) in [5.74, 6) is -3.56. The highest BCUT2D eigenvalue weighted by atomic mass is 19.4. The monoisotopic (exact) mass is 231 g/mol. The molecule has 0 N–H and O–H groups in total. The van der Waals surface area contributed by atoms with Gasteiger partial charge in [-0.2, -0.15) is 13.2 Å². The van der Waals surface area contributed by atoms with E-state index >= 15 is 0 Å². The lowest BCUT2D eigenvalue weighted by molar-refractivity contribution is -0.305. The zero-order valence-corrected chi connectivity index (χ0v) is 7.62.